The monoisotopic (exact) mass is 806 g/mol. The third-order valence-electron chi connectivity index (χ3n) is 7.35. The third kappa shape index (κ3) is 6.60. The van der Waals surface area contributed by atoms with Crippen molar-refractivity contribution in [3.63, 3.8) is 0 Å². The van der Waals surface area contributed by atoms with Crippen LogP contribution < -0.4 is 24.4 Å². The summed E-state index contributed by atoms with van der Waals surface area (Å²) in [6, 6.07) is 29.9. The quantitative estimate of drug-likeness (QED) is 0.120. The molecule has 0 spiro atoms. The minimum Gasteiger partial charge on any atom is -0.497 e. The molecule has 0 amide bonds. The first kappa shape index (κ1) is 32.0. The molecule has 0 radical (unpaired) electrons. The van der Waals surface area contributed by atoms with Gasteiger partial charge in [0.05, 0.1) is 39.1 Å². The minimum atomic E-state index is -0.782. The maximum absolute atomic E-state index is 14.4. The fourth-order valence-corrected chi connectivity index (χ4v) is 7.95. The highest BCUT2D eigenvalue weighted by atomic mass is 127. The zero-order valence-corrected chi connectivity index (χ0v) is 29.5. The number of rotatable bonds is 9. The van der Waals surface area contributed by atoms with Gasteiger partial charge in [-0.05, 0) is 71.0 Å². The van der Waals surface area contributed by atoms with Crippen molar-refractivity contribution in [2.45, 2.75) is 19.6 Å². The van der Waals surface area contributed by atoms with Gasteiger partial charge in [0.15, 0.2) is 4.80 Å². The predicted octanol–water partition coefficient (Wildman–Crippen LogP) is 6.89. The summed E-state index contributed by atoms with van der Waals surface area (Å²) in [5.74, 6) is 0.800. The lowest BCUT2D eigenvalue weighted by molar-refractivity contribution is -0.138. The van der Waals surface area contributed by atoms with Crippen molar-refractivity contribution in [1.82, 2.24) is 4.57 Å². The Morgan fingerprint density at radius 1 is 1.02 bits per heavy atom. The number of esters is 1. The van der Waals surface area contributed by atoms with E-state index >= 15 is 0 Å². The zero-order valence-electron chi connectivity index (χ0n) is 24.9. The first-order valence-electron chi connectivity index (χ1n) is 14.5. The van der Waals surface area contributed by atoms with Gasteiger partial charge in [-0.2, -0.15) is 0 Å². The second kappa shape index (κ2) is 14.2. The molecule has 0 N–H and O–H groups in total. The Balaban J connectivity index is 1.57. The van der Waals surface area contributed by atoms with E-state index < -0.39 is 12.0 Å². The normalized spacial score (nSPS) is 14.4. The predicted molar refractivity (Wildman–Crippen MR) is 192 cm³/mol. The molecule has 46 heavy (non-hydrogen) atoms. The number of benzene rings is 4. The van der Waals surface area contributed by atoms with Crippen molar-refractivity contribution in [3.8, 4) is 11.5 Å². The van der Waals surface area contributed by atoms with E-state index in [0.29, 0.717) is 38.7 Å². The summed E-state index contributed by atoms with van der Waals surface area (Å²) in [7, 11) is 1.59. The van der Waals surface area contributed by atoms with Gasteiger partial charge in [-0.3, -0.25) is 9.36 Å². The van der Waals surface area contributed by atoms with Crippen LogP contribution in [0.1, 0.15) is 35.2 Å². The Bertz CT molecular complexity index is 2110. The number of hydrogen-bond donors (Lipinski definition) is 0. The summed E-state index contributed by atoms with van der Waals surface area (Å²) >= 11 is 7.12. The van der Waals surface area contributed by atoms with Gasteiger partial charge < -0.3 is 14.2 Å². The average Bonchev–Trinajstić information content (AvgIpc) is 3.38. The molecule has 0 bridgehead atoms. The van der Waals surface area contributed by atoms with Crippen molar-refractivity contribution >= 4 is 67.6 Å². The van der Waals surface area contributed by atoms with Crippen LogP contribution in [0.15, 0.2) is 117 Å². The molecule has 232 valence electrons. The van der Waals surface area contributed by atoms with Crippen LogP contribution in [0.2, 0.25) is 0 Å². The van der Waals surface area contributed by atoms with E-state index in [0.717, 1.165) is 30.3 Å². The average molecular weight is 808 g/mol. The molecule has 5 aromatic rings. The van der Waals surface area contributed by atoms with E-state index in [2.05, 4.69) is 38.5 Å². The molecule has 10 heteroatoms. The van der Waals surface area contributed by atoms with E-state index in [1.807, 2.05) is 103 Å². The lowest BCUT2D eigenvalue weighted by Gasteiger charge is -2.26. The Morgan fingerprint density at radius 3 is 2.39 bits per heavy atom. The fourth-order valence-electron chi connectivity index (χ4n) is 5.25. The molecular formula is C36H28BrIN2O5S. The highest BCUT2D eigenvalue weighted by Crippen LogP contribution is 2.36. The van der Waals surface area contributed by atoms with Crippen LogP contribution >= 0.6 is 49.9 Å². The Morgan fingerprint density at radius 2 is 1.72 bits per heavy atom. The summed E-state index contributed by atoms with van der Waals surface area (Å²) < 4.78 is 21.1. The molecule has 2 heterocycles. The Hall–Kier alpha value is -4.00. The standard InChI is InChI=1S/C36H28BrIN2O5S/c1-3-44-35(42)30-31(23-12-8-5-9-13-23)39-36-40(32(30)24-14-16-27(43-2)17-15-24)34(41)29(46-36)19-25-18-26(37)20-28(38)33(25)45-21-22-10-6-4-7-11-22/h4-20,32H,3,21H2,1-2H3/b29-19-/t32-/m0/s1. The van der Waals surface area contributed by atoms with Gasteiger partial charge in [0.1, 0.15) is 18.1 Å². The van der Waals surface area contributed by atoms with Crippen LogP contribution in [-0.2, 0) is 16.1 Å². The number of thiazole rings is 1. The second-order valence-corrected chi connectivity index (χ2v) is 13.4. The SMILES string of the molecule is CCOC(=O)C1=C(c2ccccc2)N=c2s/c(=C\c3cc(Br)cc(I)c3OCc3ccccc3)c(=O)n2[C@H]1c1ccc(OC)cc1. The smallest absolute Gasteiger partial charge is 0.338 e. The summed E-state index contributed by atoms with van der Waals surface area (Å²) in [4.78, 5) is 33.5. The molecule has 1 aliphatic heterocycles. The maximum Gasteiger partial charge on any atom is 0.338 e. The summed E-state index contributed by atoms with van der Waals surface area (Å²) in [5.41, 5.74) is 3.74. The van der Waals surface area contributed by atoms with Gasteiger partial charge in [-0.15, -0.1) is 0 Å². The van der Waals surface area contributed by atoms with E-state index in [1.54, 1.807) is 18.6 Å². The summed E-state index contributed by atoms with van der Waals surface area (Å²) in [5, 5.41) is 0. The van der Waals surface area contributed by atoms with Crippen molar-refractivity contribution < 1.29 is 19.0 Å². The van der Waals surface area contributed by atoms with Gasteiger partial charge in [-0.25, -0.2) is 9.79 Å². The van der Waals surface area contributed by atoms with Crippen LogP contribution in [0.5, 0.6) is 11.5 Å². The minimum absolute atomic E-state index is 0.178. The molecular weight excluding hydrogens is 779 g/mol. The van der Waals surface area contributed by atoms with Gasteiger partial charge >= 0.3 is 5.97 Å². The van der Waals surface area contributed by atoms with Gasteiger partial charge in [0.2, 0.25) is 0 Å². The number of carbonyl (C=O) groups excluding carboxylic acids is 1. The molecule has 0 unspecified atom stereocenters. The molecule has 0 saturated carbocycles. The molecule has 7 nitrogen and oxygen atoms in total. The number of fused-ring (bicyclic) bond motifs is 1. The number of aromatic nitrogens is 1. The number of methoxy groups -OCH3 is 1. The second-order valence-electron chi connectivity index (χ2n) is 10.3. The number of carbonyl (C=O) groups is 1. The molecule has 0 aliphatic carbocycles. The van der Waals surface area contributed by atoms with Crippen LogP contribution in [0.3, 0.4) is 0 Å². The van der Waals surface area contributed by atoms with Crippen LogP contribution in [-0.4, -0.2) is 24.3 Å². The van der Waals surface area contributed by atoms with E-state index in [-0.39, 0.29) is 12.2 Å². The lowest BCUT2D eigenvalue weighted by Crippen LogP contribution is -2.40. The first-order chi connectivity index (χ1) is 22.4. The van der Waals surface area contributed by atoms with Gasteiger partial charge in [0, 0.05) is 15.6 Å². The molecule has 1 aromatic heterocycles. The first-order valence-corrected chi connectivity index (χ1v) is 17.1. The maximum atomic E-state index is 14.4. The van der Waals surface area contributed by atoms with E-state index in [9.17, 15) is 9.59 Å². The largest absolute Gasteiger partial charge is 0.497 e. The molecule has 0 fully saturated rings. The van der Waals surface area contributed by atoms with Gasteiger partial charge in [-0.1, -0.05) is 100 Å². The number of nitrogens with zero attached hydrogens (tertiary/aromatic N) is 2. The van der Waals surface area contributed by atoms with Crippen molar-refractivity contribution in [1.29, 1.82) is 0 Å². The third-order valence-corrected chi connectivity index (χ3v) is 9.60. The number of hydrogen-bond acceptors (Lipinski definition) is 7. The van der Waals surface area contributed by atoms with E-state index in [1.165, 1.54) is 11.3 Å². The highest BCUT2D eigenvalue weighted by molar-refractivity contribution is 14.1. The summed E-state index contributed by atoms with van der Waals surface area (Å²) in [6.07, 6.45) is 1.83. The van der Waals surface area contributed by atoms with Crippen LogP contribution in [0.4, 0.5) is 0 Å². The highest BCUT2D eigenvalue weighted by Gasteiger charge is 2.35. The molecule has 1 atom stereocenters. The molecule has 1 aliphatic rings. The van der Waals surface area contributed by atoms with Crippen LogP contribution in [0, 0.1) is 3.57 Å². The lowest BCUT2D eigenvalue weighted by atomic mass is 9.93. The summed E-state index contributed by atoms with van der Waals surface area (Å²) in [6.45, 7) is 2.31. The molecule has 6 rings (SSSR count). The van der Waals surface area contributed by atoms with Gasteiger partial charge in [0.25, 0.3) is 5.56 Å². The van der Waals surface area contributed by atoms with Crippen LogP contribution in [0.25, 0.3) is 11.8 Å². The Labute approximate surface area is 291 Å². The molecule has 0 saturated heterocycles. The fraction of sp³-hybridized carbons (Fsp3) is 0.139. The topological polar surface area (TPSA) is 79.1 Å². The molecule has 4 aromatic carbocycles. The Kier molecular flexibility index (Phi) is 9.86. The number of ether oxygens (including phenoxy) is 3. The van der Waals surface area contributed by atoms with E-state index in [4.69, 9.17) is 19.2 Å². The van der Waals surface area contributed by atoms with Crippen molar-refractivity contribution in [2.24, 2.45) is 4.99 Å². The zero-order chi connectivity index (χ0) is 32.2. The van der Waals surface area contributed by atoms with Crippen molar-refractivity contribution in [2.75, 3.05) is 13.7 Å². The van der Waals surface area contributed by atoms with Crippen molar-refractivity contribution in [3.05, 3.63) is 153 Å². The number of halogens is 2.